The second-order valence-corrected chi connectivity index (χ2v) is 4.26. The van der Waals surface area contributed by atoms with Crippen molar-refractivity contribution in [3.63, 3.8) is 0 Å². The normalized spacial score (nSPS) is 10.9. The number of carbonyl (C=O) groups excluding carboxylic acids is 1. The molecule has 18 heavy (non-hydrogen) atoms. The number of nitrogens with one attached hydrogen (secondary N) is 1. The SMILES string of the molecule is CC(C)C(=O)N/N=C/c1cc([N+](=O)[O-])ccc1Cl. The van der Waals surface area contributed by atoms with Crippen LogP contribution in [0.1, 0.15) is 19.4 Å². The van der Waals surface area contributed by atoms with Crippen molar-refractivity contribution in [2.45, 2.75) is 13.8 Å². The van der Waals surface area contributed by atoms with E-state index in [1.54, 1.807) is 13.8 Å². The maximum Gasteiger partial charge on any atom is 0.270 e. The second-order valence-electron chi connectivity index (χ2n) is 3.85. The van der Waals surface area contributed by atoms with Crippen molar-refractivity contribution in [1.29, 1.82) is 0 Å². The first-order chi connectivity index (χ1) is 8.41. The van der Waals surface area contributed by atoms with Gasteiger partial charge in [-0.1, -0.05) is 25.4 Å². The van der Waals surface area contributed by atoms with Crippen molar-refractivity contribution in [2.75, 3.05) is 0 Å². The molecule has 0 spiro atoms. The Hall–Kier alpha value is -1.95. The molecule has 0 saturated carbocycles. The van der Waals surface area contributed by atoms with E-state index in [-0.39, 0.29) is 17.5 Å². The molecule has 0 fully saturated rings. The van der Waals surface area contributed by atoms with Crippen molar-refractivity contribution >= 4 is 29.4 Å². The molecule has 0 heterocycles. The minimum absolute atomic E-state index is 0.0870. The molecule has 0 radical (unpaired) electrons. The van der Waals surface area contributed by atoms with Gasteiger partial charge in [-0.25, -0.2) is 5.43 Å². The zero-order valence-electron chi connectivity index (χ0n) is 9.88. The highest BCUT2D eigenvalue weighted by Gasteiger charge is 2.08. The first kappa shape index (κ1) is 14.1. The number of rotatable bonds is 4. The van der Waals surface area contributed by atoms with E-state index in [9.17, 15) is 14.9 Å². The van der Waals surface area contributed by atoms with Gasteiger partial charge in [0.2, 0.25) is 5.91 Å². The number of nitrogens with zero attached hydrogens (tertiary/aromatic N) is 2. The third-order valence-electron chi connectivity index (χ3n) is 2.09. The highest BCUT2D eigenvalue weighted by Crippen LogP contribution is 2.20. The molecule has 0 saturated heterocycles. The maximum absolute atomic E-state index is 11.2. The highest BCUT2D eigenvalue weighted by molar-refractivity contribution is 6.33. The van der Waals surface area contributed by atoms with Crippen molar-refractivity contribution in [3.05, 3.63) is 38.9 Å². The van der Waals surface area contributed by atoms with Crippen LogP contribution in [0.25, 0.3) is 0 Å². The maximum atomic E-state index is 11.2. The van der Waals surface area contributed by atoms with E-state index in [2.05, 4.69) is 10.5 Å². The number of hydrazone groups is 1. The lowest BCUT2D eigenvalue weighted by Crippen LogP contribution is -2.22. The topological polar surface area (TPSA) is 84.6 Å². The van der Waals surface area contributed by atoms with Crippen LogP contribution in [-0.4, -0.2) is 17.0 Å². The van der Waals surface area contributed by atoms with E-state index < -0.39 is 4.92 Å². The summed E-state index contributed by atoms with van der Waals surface area (Å²) in [6.07, 6.45) is 1.27. The summed E-state index contributed by atoms with van der Waals surface area (Å²) in [5, 5.41) is 14.6. The Labute approximate surface area is 109 Å². The van der Waals surface area contributed by atoms with Crippen LogP contribution in [0, 0.1) is 16.0 Å². The lowest BCUT2D eigenvalue weighted by molar-refractivity contribution is -0.384. The first-order valence-electron chi connectivity index (χ1n) is 5.18. The van der Waals surface area contributed by atoms with E-state index in [1.165, 1.54) is 24.4 Å². The van der Waals surface area contributed by atoms with E-state index in [1.807, 2.05) is 0 Å². The molecule has 0 aliphatic heterocycles. The quantitative estimate of drug-likeness (QED) is 0.517. The van der Waals surface area contributed by atoms with Crippen LogP contribution < -0.4 is 5.43 Å². The summed E-state index contributed by atoms with van der Waals surface area (Å²) in [6.45, 7) is 3.45. The van der Waals surface area contributed by atoms with Gasteiger partial charge in [-0.05, 0) is 6.07 Å². The first-order valence-corrected chi connectivity index (χ1v) is 5.56. The monoisotopic (exact) mass is 269 g/mol. The Morgan fingerprint density at radius 2 is 2.22 bits per heavy atom. The number of amides is 1. The number of nitro benzene ring substituents is 1. The van der Waals surface area contributed by atoms with Crippen molar-refractivity contribution in [1.82, 2.24) is 5.43 Å². The standard InChI is InChI=1S/C11H12ClN3O3/c1-7(2)11(16)14-13-6-8-5-9(15(17)18)3-4-10(8)12/h3-7H,1-2H3,(H,14,16)/b13-6+. The number of hydrogen-bond acceptors (Lipinski definition) is 4. The number of nitro groups is 1. The predicted octanol–water partition coefficient (Wildman–Crippen LogP) is 2.35. The van der Waals surface area contributed by atoms with Crippen LogP contribution >= 0.6 is 11.6 Å². The van der Waals surface area contributed by atoms with Gasteiger partial charge >= 0.3 is 0 Å². The molecule has 1 rings (SSSR count). The second kappa shape index (κ2) is 6.11. The van der Waals surface area contributed by atoms with Crippen LogP contribution in [-0.2, 0) is 4.79 Å². The Balaban J connectivity index is 2.83. The molecule has 96 valence electrons. The molecule has 0 aliphatic carbocycles. The van der Waals surface area contributed by atoms with Gasteiger partial charge in [0.1, 0.15) is 0 Å². The van der Waals surface area contributed by atoms with Gasteiger partial charge in [0.05, 0.1) is 11.1 Å². The highest BCUT2D eigenvalue weighted by atomic mass is 35.5. The number of benzene rings is 1. The number of hydrogen-bond donors (Lipinski definition) is 1. The molecule has 0 aromatic heterocycles. The fourth-order valence-electron chi connectivity index (χ4n) is 1.04. The summed E-state index contributed by atoms with van der Waals surface area (Å²) < 4.78 is 0. The van der Waals surface area contributed by atoms with Gasteiger partial charge in [-0.15, -0.1) is 0 Å². The molecule has 1 amide bonds. The smallest absolute Gasteiger partial charge is 0.270 e. The summed E-state index contributed by atoms with van der Waals surface area (Å²) >= 11 is 5.85. The van der Waals surface area contributed by atoms with E-state index in [0.717, 1.165) is 0 Å². The molecule has 7 heteroatoms. The Kier molecular flexibility index (Phi) is 4.79. The molecule has 0 aliphatic rings. The Bertz CT molecular complexity index is 500. The molecule has 1 aromatic carbocycles. The molecule has 1 N–H and O–H groups in total. The van der Waals surface area contributed by atoms with Gasteiger partial charge in [0.15, 0.2) is 0 Å². The lowest BCUT2D eigenvalue weighted by atomic mass is 10.2. The van der Waals surface area contributed by atoms with Crippen LogP contribution in [0.5, 0.6) is 0 Å². The van der Waals surface area contributed by atoms with Crippen LogP contribution in [0.15, 0.2) is 23.3 Å². The summed E-state index contributed by atoms with van der Waals surface area (Å²) in [5.41, 5.74) is 2.59. The average Bonchev–Trinajstić information content (AvgIpc) is 2.30. The van der Waals surface area contributed by atoms with Crippen molar-refractivity contribution in [2.24, 2.45) is 11.0 Å². The molecule has 6 nitrogen and oxygen atoms in total. The average molecular weight is 270 g/mol. The summed E-state index contributed by atoms with van der Waals surface area (Å²) in [6, 6.07) is 3.99. The number of halogens is 1. The number of non-ortho nitro benzene ring substituents is 1. The lowest BCUT2D eigenvalue weighted by Gasteiger charge is -2.02. The Morgan fingerprint density at radius 3 is 2.78 bits per heavy atom. The van der Waals surface area contributed by atoms with E-state index >= 15 is 0 Å². The summed E-state index contributed by atoms with van der Waals surface area (Å²) in [4.78, 5) is 21.3. The van der Waals surface area contributed by atoms with Gasteiger partial charge in [-0.2, -0.15) is 5.10 Å². The van der Waals surface area contributed by atoms with E-state index in [0.29, 0.717) is 10.6 Å². The van der Waals surface area contributed by atoms with Crippen LogP contribution in [0.2, 0.25) is 5.02 Å². The molecule has 0 bridgehead atoms. The van der Waals surface area contributed by atoms with Gasteiger partial charge in [-0.3, -0.25) is 14.9 Å². The van der Waals surface area contributed by atoms with E-state index in [4.69, 9.17) is 11.6 Å². The zero-order chi connectivity index (χ0) is 13.7. The largest absolute Gasteiger partial charge is 0.273 e. The van der Waals surface area contributed by atoms with Gasteiger partial charge < -0.3 is 0 Å². The molecular formula is C11H12ClN3O3. The fraction of sp³-hybridized carbons (Fsp3) is 0.273. The summed E-state index contributed by atoms with van der Waals surface area (Å²) in [5.74, 6) is -0.435. The third kappa shape index (κ3) is 3.81. The predicted molar refractivity (Wildman–Crippen MR) is 68.7 cm³/mol. The zero-order valence-corrected chi connectivity index (χ0v) is 10.6. The van der Waals surface area contributed by atoms with Crippen molar-refractivity contribution < 1.29 is 9.72 Å². The molecule has 0 unspecified atom stereocenters. The van der Waals surface area contributed by atoms with Crippen LogP contribution in [0.4, 0.5) is 5.69 Å². The van der Waals surface area contributed by atoms with Crippen LogP contribution in [0.3, 0.4) is 0 Å². The third-order valence-corrected chi connectivity index (χ3v) is 2.44. The van der Waals surface area contributed by atoms with Crippen molar-refractivity contribution in [3.8, 4) is 0 Å². The summed E-state index contributed by atoms with van der Waals surface area (Å²) in [7, 11) is 0. The molecule has 0 atom stereocenters. The Morgan fingerprint density at radius 1 is 1.56 bits per heavy atom. The fourth-order valence-corrected chi connectivity index (χ4v) is 1.20. The van der Waals surface area contributed by atoms with Gasteiger partial charge in [0.25, 0.3) is 5.69 Å². The molecule has 1 aromatic rings. The minimum atomic E-state index is -0.527. The minimum Gasteiger partial charge on any atom is -0.273 e. The molecular weight excluding hydrogens is 258 g/mol. The number of carbonyl (C=O) groups is 1. The van der Waals surface area contributed by atoms with Gasteiger partial charge in [0, 0.05) is 28.6 Å².